The quantitative estimate of drug-likeness (QED) is 0.768. The molecule has 2 saturated carbocycles. The number of carbonyl (C=O) groups excluding carboxylic acids is 2. The lowest BCUT2D eigenvalue weighted by Crippen LogP contribution is -2.41. The number of benzene rings is 1. The van der Waals surface area contributed by atoms with Crippen molar-refractivity contribution in [1.29, 1.82) is 0 Å². The van der Waals surface area contributed by atoms with Crippen LogP contribution in [0.15, 0.2) is 29.4 Å². The molecule has 3 fully saturated rings. The number of carbonyl (C=O) groups is 2. The van der Waals surface area contributed by atoms with Gasteiger partial charge >= 0.3 is 0 Å². The first-order chi connectivity index (χ1) is 11.6. The molecule has 6 nitrogen and oxygen atoms in total. The van der Waals surface area contributed by atoms with Gasteiger partial charge < -0.3 is 9.57 Å². The van der Waals surface area contributed by atoms with Crippen molar-refractivity contribution in [2.24, 2.45) is 34.7 Å². The summed E-state index contributed by atoms with van der Waals surface area (Å²) >= 11 is 0. The number of fused-ring (bicyclic) bond motifs is 8. The average Bonchev–Trinajstić information content (AvgIpc) is 3.33. The van der Waals surface area contributed by atoms with Crippen LogP contribution in [0.5, 0.6) is 5.75 Å². The van der Waals surface area contributed by atoms with Crippen LogP contribution < -0.4 is 4.74 Å². The third kappa shape index (κ3) is 1.53. The van der Waals surface area contributed by atoms with E-state index in [2.05, 4.69) is 5.16 Å². The van der Waals surface area contributed by atoms with Crippen LogP contribution >= 0.6 is 0 Å². The SMILES string of the molecule is COc1ccc(C2=NO[C@@H]3[C@@H]4C[C@@H]([C@H]5C(=O)N(C)C(=O)[C@@H]45)[C@H]23)cc1. The number of oxime groups is 1. The highest BCUT2D eigenvalue weighted by atomic mass is 16.6. The molecular formula is C18H18N2O4. The minimum atomic E-state index is -0.209. The van der Waals surface area contributed by atoms with E-state index in [4.69, 9.17) is 9.57 Å². The van der Waals surface area contributed by atoms with Gasteiger partial charge in [0.15, 0.2) is 0 Å². The van der Waals surface area contributed by atoms with Crippen LogP contribution in [-0.2, 0) is 14.4 Å². The van der Waals surface area contributed by atoms with Crippen LogP contribution in [0.1, 0.15) is 12.0 Å². The highest BCUT2D eigenvalue weighted by Crippen LogP contribution is 2.61. The molecule has 1 aromatic rings. The molecule has 1 saturated heterocycles. The minimum absolute atomic E-state index is 0.0306. The van der Waals surface area contributed by atoms with Gasteiger partial charge in [-0.05, 0) is 36.6 Å². The summed E-state index contributed by atoms with van der Waals surface area (Å²) in [5.41, 5.74) is 1.90. The van der Waals surface area contributed by atoms with Gasteiger partial charge in [0.1, 0.15) is 11.9 Å². The minimum Gasteiger partial charge on any atom is -0.497 e. The van der Waals surface area contributed by atoms with E-state index in [0.29, 0.717) is 0 Å². The van der Waals surface area contributed by atoms with Crippen molar-refractivity contribution in [3.8, 4) is 5.75 Å². The number of rotatable bonds is 2. The standard InChI is InChI=1S/C18H18N2O4/c1-20-17(21)12-10-7-11(13(12)18(20)22)16-14(10)15(19-24-16)8-3-5-9(23-2)6-4-8/h3-6,10-14,16H,7H2,1-2H3/t10-,11+,12+,13-,14+,16+/m0/s1. The maximum absolute atomic E-state index is 12.5. The largest absolute Gasteiger partial charge is 0.497 e. The Labute approximate surface area is 139 Å². The van der Waals surface area contributed by atoms with E-state index >= 15 is 0 Å². The Hall–Kier alpha value is -2.37. The van der Waals surface area contributed by atoms with Gasteiger partial charge in [-0.1, -0.05) is 5.16 Å². The number of hydrogen-bond donors (Lipinski definition) is 0. The van der Waals surface area contributed by atoms with Crippen LogP contribution in [0.3, 0.4) is 0 Å². The molecule has 2 aliphatic carbocycles. The first kappa shape index (κ1) is 14.0. The average molecular weight is 326 g/mol. The second-order valence-corrected chi connectivity index (χ2v) is 7.15. The van der Waals surface area contributed by atoms with E-state index in [9.17, 15) is 9.59 Å². The number of imide groups is 1. The number of amides is 2. The lowest BCUT2D eigenvalue weighted by Gasteiger charge is -2.29. The van der Waals surface area contributed by atoms with Crippen LogP contribution in [0.2, 0.25) is 0 Å². The van der Waals surface area contributed by atoms with Crippen LogP contribution in [0.4, 0.5) is 0 Å². The molecule has 5 rings (SSSR count). The zero-order valence-corrected chi connectivity index (χ0v) is 13.5. The maximum atomic E-state index is 12.5. The normalized spacial score (nSPS) is 38.9. The predicted octanol–water partition coefficient (Wildman–Crippen LogP) is 1.29. The van der Waals surface area contributed by atoms with Crippen molar-refractivity contribution >= 4 is 17.5 Å². The highest BCUT2D eigenvalue weighted by Gasteiger charge is 2.69. The molecule has 1 aromatic carbocycles. The number of nitrogens with zero attached hydrogens (tertiary/aromatic N) is 2. The van der Waals surface area contributed by atoms with E-state index in [1.165, 1.54) is 4.90 Å². The van der Waals surface area contributed by atoms with Crippen molar-refractivity contribution in [2.75, 3.05) is 14.2 Å². The molecule has 0 aromatic heterocycles. The fraction of sp³-hybridized carbons (Fsp3) is 0.500. The summed E-state index contributed by atoms with van der Waals surface area (Å²) in [5, 5.41) is 4.32. The summed E-state index contributed by atoms with van der Waals surface area (Å²) in [5.74, 6) is 0.669. The first-order valence-electron chi connectivity index (χ1n) is 8.31. The molecule has 0 radical (unpaired) electrons. The Bertz CT molecular complexity index is 772. The van der Waals surface area contributed by atoms with Gasteiger partial charge in [-0.3, -0.25) is 14.5 Å². The van der Waals surface area contributed by atoms with E-state index in [1.807, 2.05) is 24.3 Å². The van der Waals surface area contributed by atoms with E-state index in [-0.39, 0.29) is 47.5 Å². The van der Waals surface area contributed by atoms with Crippen molar-refractivity contribution in [3.05, 3.63) is 29.8 Å². The highest BCUT2D eigenvalue weighted by molar-refractivity contribution is 6.08. The number of ether oxygens (including phenoxy) is 1. The molecule has 4 aliphatic rings. The van der Waals surface area contributed by atoms with E-state index in [1.54, 1.807) is 14.2 Å². The molecule has 24 heavy (non-hydrogen) atoms. The Morgan fingerprint density at radius 3 is 2.42 bits per heavy atom. The number of methoxy groups -OCH3 is 1. The van der Waals surface area contributed by atoms with Crippen molar-refractivity contribution < 1.29 is 19.2 Å². The van der Waals surface area contributed by atoms with Gasteiger partial charge in [-0.15, -0.1) is 0 Å². The maximum Gasteiger partial charge on any atom is 0.233 e. The topological polar surface area (TPSA) is 68.2 Å². The van der Waals surface area contributed by atoms with E-state index < -0.39 is 0 Å². The molecule has 2 amide bonds. The zero-order chi connectivity index (χ0) is 16.6. The summed E-state index contributed by atoms with van der Waals surface area (Å²) in [6.07, 6.45) is 0.808. The monoisotopic (exact) mass is 326 g/mol. The van der Waals surface area contributed by atoms with Gasteiger partial charge in [-0.2, -0.15) is 0 Å². The molecular weight excluding hydrogens is 308 g/mol. The lowest BCUT2D eigenvalue weighted by molar-refractivity contribution is -0.139. The van der Waals surface area contributed by atoms with Gasteiger partial charge in [-0.25, -0.2) is 0 Å². The van der Waals surface area contributed by atoms with Crippen molar-refractivity contribution in [1.82, 2.24) is 4.90 Å². The summed E-state index contributed by atoms with van der Waals surface area (Å²) in [7, 11) is 3.23. The van der Waals surface area contributed by atoms with Crippen molar-refractivity contribution in [3.63, 3.8) is 0 Å². The predicted molar refractivity (Wildman–Crippen MR) is 84.2 cm³/mol. The van der Waals surface area contributed by atoms with Crippen molar-refractivity contribution in [2.45, 2.75) is 12.5 Å². The lowest BCUT2D eigenvalue weighted by atomic mass is 9.71. The van der Waals surface area contributed by atoms with E-state index in [0.717, 1.165) is 23.4 Å². The Kier molecular flexibility index (Phi) is 2.68. The van der Waals surface area contributed by atoms with Crippen LogP contribution in [-0.4, -0.2) is 42.7 Å². The molecule has 0 N–H and O–H groups in total. The second-order valence-electron chi connectivity index (χ2n) is 7.15. The Morgan fingerprint density at radius 2 is 1.75 bits per heavy atom. The fourth-order valence-corrected chi connectivity index (χ4v) is 5.28. The summed E-state index contributed by atoms with van der Waals surface area (Å²) < 4.78 is 5.20. The fourth-order valence-electron chi connectivity index (χ4n) is 5.28. The van der Waals surface area contributed by atoms with Crippen LogP contribution in [0, 0.1) is 29.6 Å². The van der Waals surface area contributed by atoms with Crippen LogP contribution in [0.25, 0.3) is 0 Å². The summed E-state index contributed by atoms with van der Waals surface area (Å²) in [6.45, 7) is 0. The second kappa shape index (κ2) is 4.59. The number of hydrogen-bond acceptors (Lipinski definition) is 5. The van der Waals surface area contributed by atoms with Gasteiger partial charge in [0.2, 0.25) is 11.8 Å². The molecule has 2 heterocycles. The molecule has 2 bridgehead atoms. The Balaban J connectivity index is 1.50. The third-order valence-corrected chi connectivity index (χ3v) is 6.30. The molecule has 0 unspecified atom stereocenters. The summed E-state index contributed by atoms with van der Waals surface area (Å²) in [6, 6.07) is 7.75. The molecule has 6 atom stereocenters. The van der Waals surface area contributed by atoms with Gasteiger partial charge in [0, 0.05) is 24.4 Å². The zero-order valence-electron chi connectivity index (χ0n) is 13.5. The molecule has 6 heteroatoms. The van der Waals surface area contributed by atoms with Gasteiger partial charge in [0.25, 0.3) is 0 Å². The smallest absolute Gasteiger partial charge is 0.233 e. The molecule has 124 valence electrons. The molecule has 0 spiro atoms. The Morgan fingerprint density at radius 1 is 1.08 bits per heavy atom. The first-order valence-corrected chi connectivity index (χ1v) is 8.31. The molecule has 2 aliphatic heterocycles. The third-order valence-electron chi connectivity index (χ3n) is 6.30. The van der Waals surface area contributed by atoms with Gasteiger partial charge in [0.05, 0.1) is 24.7 Å². The summed E-state index contributed by atoms with van der Waals surface area (Å²) in [4.78, 5) is 31.9. The number of likely N-dealkylation sites (tertiary alicyclic amines) is 1.